The van der Waals surface area contributed by atoms with Crippen LogP contribution in [0.1, 0.15) is 35.3 Å². The van der Waals surface area contributed by atoms with Crippen LogP contribution in [0.3, 0.4) is 0 Å². The topological polar surface area (TPSA) is 92.3 Å². The largest absolute Gasteiger partial charge is 0.296 e. The van der Waals surface area contributed by atoms with Crippen molar-refractivity contribution in [2.75, 3.05) is 21.6 Å². The first kappa shape index (κ1) is 24.2. The van der Waals surface area contributed by atoms with Crippen LogP contribution in [-0.2, 0) is 16.6 Å². The molecule has 1 N–H and O–H groups in total. The van der Waals surface area contributed by atoms with Gasteiger partial charge in [-0.15, -0.1) is 10.2 Å². The van der Waals surface area contributed by atoms with Crippen molar-refractivity contribution >= 4 is 49.8 Å². The number of rotatable bonds is 9. The quantitative estimate of drug-likeness (QED) is 0.342. The van der Waals surface area contributed by atoms with Gasteiger partial charge in [0, 0.05) is 11.3 Å². The van der Waals surface area contributed by atoms with Gasteiger partial charge in [0.05, 0.1) is 18.5 Å². The maximum atomic E-state index is 12.6. The van der Waals surface area contributed by atoms with Crippen LogP contribution < -0.4 is 9.62 Å². The summed E-state index contributed by atoms with van der Waals surface area (Å²) < 4.78 is 26.9. The van der Waals surface area contributed by atoms with Crippen LogP contribution in [-0.4, -0.2) is 36.5 Å². The number of carbonyl (C=O) groups is 1. The molecule has 1 amide bonds. The summed E-state index contributed by atoms with van der Waals surface area (Å²) in [5.74, 6) is 1.20. The molecule has 0 aliphatic heterocycles. The van der Waals surface area contributed by atoms with Crippen LogP contribution in [0.2, 0.25) is 0 Å². The standard InChI is InChI=1S/C22H26N4O3S3/c1-15(2)14-30-22-25-24-21(31-22)23-20(27)18-10-8-17(9-11-18)13-26(32(4,28)29)19-7-5-6-16(3)12-19/h5-12,15H,13-14H2,1-4H3,(H,23,24,27). The van der Waals surface area contributed by atoms with E-state index in [1.807, 2.05) is 25.1 Å². The number of sulfonamides is 1. The fourth-order valence-electron chi connectivity index (χ4n) is 2.84. The molecule has 32 heavy (non-hydrogen) atoms. The number of hydrogen-bond acceptors (Lipinski definition) is 7. The van der Waals surface area contributed by atoms with E-state index in [9.17, 15) is 13.2 Å². The van der Waals surface area contributed by atoms with Gasteiger partial charge in [0.15, 0.2) is 4.34 Å². The molecule has 3 aromatic rings. The number of benzene rings is 2. The van der Waals surface area contributed by atoms with Crippen LogP contribution in [0, 0.1) is 12.8 Å². The van der Waals surface area contributed by atoms with E-state index in [-0.39, 0.29) is 12.5 Å². The Hall–Kier alpha value is -2.43. The molecule has 0 aliphatic rings. The number of amides is 1. The number of nitrogens with one attached hydrogen (secondary N) is 1. The molecule has 0 saturated carbocycles. The second-order valence-corrected chi connectivity index (χ2v) is 12.0. The Morgan fingerprint density at radius 3 is 2.50 bits per heavy atom. The summed E-state index contributed by atoms with van der Waals surface area (Å²) in [7, 11) is -3.47. The Bertz CT molecular complexity index is 1180. The number of aromatic nitrogens is 2. The maximum absolute atomic E-state index is 12.6. The normalized spacial score (nSPS) is 11.5. The molecule has 3 rings (SSSR count). The molecule has 7 nitrogen and oxygen atoms in total. The van der Waals surface area contributed by atoms with Crippen molar-refractivity contribution in [2.45, 2.75) is 31.7 Å². The molecular formula is C22H26N4O3S3. The fraction of sp³-hybridized carbons (Fsp3) is 0.318. The van der Waals surface area contributed by atoms with Gasteiger partial charge in [-0.1, -0.05) is 61.2 Å². The van der Waals surface area contributed by atoms with Crippen LogP contribution in [0.15, 0.2) is 52.9 Å². The Balaban J connectivity index is 1.68. The summed E-state index contributed by atoms with van der Waals surface area (Å²) in [6.45, 7) is 6.37. The molecule has 0 atom stereocenters. The first-order valence-electron chi connectivity index (χ1n) is 10.0. The monoisotopic (exact) mass is 490 g/mol. The van der Waals surface area contributed by atoms with Gasteiger partial charge in [0.1, 0.15) is 0 Å². The molecule has 0 aliphatic carbocycles. The lowest BCUT2D eigenvalue weighted by molar-refractivity contribution is 0.102. The zero-order chi connectivity index (χ0) is 23.3. The van der Waals surface area contributed by atoms with E-state index in [1.165, 1.54) is 21.9 Å². The van der Waals surface area contributed by atoms with Crippen LogP contribution >= 0.6 is 23.1 Å². The molecule has 0 bridgehead atoms. The van der Waals surface area contributed by atoms with E-state index in [1.54, 1.807) is 42.1 Å². The Morgan fingerprint density at radius 2 is 1.88 bits per heavy atom. The van der Waals surface area contributed by atoms with E-state index in [0.29, 0.717) is 22.3 Å². The number of thioether (sulfide) groups is 1. The number of nitrogens with zero attached hydrogens (tertiary/aromatic N) is 3. The molecule has 0 fully saturated rings. The van der Waals surface area contributed by atoms with E-state index < -0.39 is 10.0 Å². The summed E-state index contributed by atoms with van der Waals surface area (Å²) in [6, 6.07) is 14.2. The van der Waals surface area contributed by atoms with Crippen molar-refractivity contribution in [2.24, 2.45) is 5.92 Å². The first-order valence-corrected chi connectivity index (χ1v) is 13.7. The van der Waals surface area contributed by atoms with Crippen LogP contribution in [0.5, 0.6) is 0 Å². The van der Waals surface area contributed by atoms with Crippen molar-refractivity contribution in [1.82, 2.24) is 10.2 Å². The molecule has 0 radical (unpaired) electrons. The summed E-state index contributed by atoms with van der Waals surface area (Å²) in [6.07, 6.45) is 1.19. The third kappa shape index (κ3) is 6.78. The van der Waals surface area contributed by atoms with Crippen molar-refractivity contribution in [3.63, 3.8) is 0 Å². The molecule has 1 aromatic heterocycles. The van der Waals surface area contributed by atoms with Gasteiger partial charge in [-0.25, -0.2) is 8.42 Å². The highest BCUT2D eigenvalue weighted by Crippen LogP contribution is 2.27. The fourth-order valence-corrected chi connectivity index (χ4v) is 5.44. The molecule has 0 unspecified atom stereocenters. The SMILES string of the molecule is Cc1cccc(N(Cc2ccc(C(=O)Nc3nnc(SCC(C)C)s3)cc2)S(C)(=O)=O)c1. The molecule has 0 spiro atoms. The summed E-state index contributed by atoms with van der Waals surface area (Å²) in [4.78, 5) is 12.6. The molecule has 2 aromatic carbocycles. The van der Waals surface area contributed by atoms with Crippen LogP contribution in [0.4, 0.5) is 10.8 Å². The third-order valence-corrected chi connectivity index (χ3v) is 7.94. The molecule has 170 valence electrons. The minimum atomic E-state index is -3.47. The first-order chi connectivity index (χ1) is 15.1. The molecular weight excluding hydrogens is 464 g/mol. The third-order valence-electron chi connectivity index (χ3n) is 4.40. The van der Waals surface area contributed by atoms with Crippen molar-refractivity contribution in [1.29, 1.82) is 0 Å². The number of hydrogen-bond donors (Lipinski definition) is 1. The predicted molar refractivity (Wildman–Crippen MR) is 132 cm³/mol. The second-order valence-electron chi connectivity index (χ2n) is 7.84. The van der Waals surface area contributed by atoms with E-state index in [4.69, 9.17) is 0 Å². The van der Waals surface area contributed by atoms with Crippen molar-refractivity contribution in [3.05, 3.63) is 65.2 Å². The van der Waals surface area contributed by atoms with Gasteiger partial charge in [-0.2, -0.15) is 0 Å². The molecule has 0 saturated heterocycles. The van der Waals surface area contributed by atoms with E-state index >= 15 is 0 Å². The minimum absolute atomic E-state index is 0.178. The van der Waals surface area contributed by atoms with Gasteiger partial charge in [-0.05, 0) is 48.2 Å². The summed E-state index contributed by atoms with van der Waals surface area (Å²) >= 11 is 2.97. The maximum Gasteiger partial charge on any atom is 0.257 e. The highest BCUT2D eigenvalue weighted by molar-refractivity contribution is 8.01. The number of aryl methyl sites for hydroxylation is 1. The summed E-state index contributed by atoms with van der Waals surface area (Å²) in [5.41, 5.74) is 2.82. The lowest BCUT2D eigenvalue weighted by Gasteiger charge is -2.23. The van der Waals surface area contributed by atoms with Gasteiger partial charge < -0.3 is 0 Å². The lowest BCUT2D eigenvalue weighted by Crippen LogP contribution is -2.29. The highest BCUT2D eigenvalue weighted by Gasteiger charge is 2.18. The summed E-state index contributed by atoms with van der Waals surface area (Å²) in [5, 5.41) is 11.3. The van der Waals surface area contributed by atoms with Crippen molar-refractivity contribution < 1.29 is 13.2 Å². The van der Waals surface area contributed by atoms with Gasteiger partial charge in [0.25, 0.3) is 5.91 Å². The van der Waals surface area contributed by atoms with Gasteiger partial charge in [0.2, 0.25) is 15.2 Å². The molecule has 1 heterocycles. The number of carbonyl (C=O) groups excluding carboxylic acids is 1. The number of anilines is 2. The molecule has 10 heteroatoms. The minimum Gasteiger partial charge on any atom is -0.296 e. The zero-order valence-corrected chi connectivity index (χ0v) is 20.9. The van der Waals surface area contributed by atoms with E-state index in [0.717, 1.165) is 21.2 Å². The highest BCUT2D eigenvalue weighted by atomic mass is 32.2. The average molecular weight is 491 g/mol. The van der Waals surface area contributed by atoms with Gasteiger partial charge >= 0.3 is 0 Å². The smallest absolute Gasteiger partial charge is 0.257 e. The lowest BCUT2D eigenvalue weighted by atomic mass is 10.1. The predicted octanol–water partition coefficient (Wildman–Crippen LogP) is 4.81. The Morgan fingerprint density at radius 1 is 1.16 bits per heavy atom. The Labute approximate surface area is 197 Å². The van der Waals surface area contributed by atoms with E-state index in [2.05, 4.69) is 29.4 Å². The van der Waals surface area contributed by atoms with Gasteiger partial charge in [-0.3, -0.25) is 14.4 Å². The van der Waals surface area contributed by atoms with Crippen LogP contribution in [0.25, 0.3) is 0 Å². The average Bonchev–Trinajstić information content (AvgIpc) is 3.17. The second kappa shape index (κ2) is 10.5. The Kier molecular flexibility index (Phi) is 7.91. The van der Waals surface area contributed by atoms with Crippen molar-refractivity contribution in [3.8, 4) is 0 Å². The zero-order valence-electron chi connectivity index (χ0n) is 18.4.